The van der Waals surface area contributed by atoms with Crippen LogP contribution in [0.2, 0.25) is 0 Å². The number of fused-ring (bicyclic) bond motifs is 4. The molecule has 2 aliphatic heterocycles. The van der Waals surface area contributed by atoms with Crippen molar-refractivity contribution in [2.45, 2.75) is 25.1 Å². The first-order chi connectivity index (χ1) is 8.45. The molecule has 1 saturated heterocycles. The molecule has 0 saturated carbocycles. The van der Waals surface area contributed by atoms with Crippen LogP contribution in [0.15, 0.2) is 16.9 Å². The minimum atomic E-state index is -4.45. The highest BCUT2D eigenvalue weighted by atomic mass is 19.4. The smallest absolute Gasteiger partial charge is 0.316 e. The summed E-state index contributed by atoms with van der Waals surface area (Å²) in [6, 6.07) is 1.84. The topological polar surface area (TPSA) is 34.0 Å². The van der Waals surface area contributed by atoms with Gasteiger partial charge in [-0.25, -0.2) is 0 Å². The second-order valence-corrected chi connectivity index (χ2v) is 5.07. The monoisotopic (exact) mass is 258 g/mol. The SMILES string of the molecule is O=c1cc(C(F)(F)F)cc2n1CC1CNC[C@@H]2C1. The van der Waals surface area contributed by atoms with Crippen molar-refractivity contribution < 1.29 is 13.2 Å². The van der Waals surface area contributed by atoms with E-state index in [-0.39, 0.29) is 5.92 Å². The normalized spacial score (nSPS) is 26.8. The van der Waals surface area contributed by atoms with Gasteiger partial charge >= 0.3 is 6.18 Å². The van der Waals surface area contributed by atoms with Crippen LogP contribution in [0.4, 0.5) is 13.2 Å². The van der Waals surface area contributed by atoms with Gasteiger partial charge in [0.1, 0.15) is 0 Å². The van der Waals surface area contributed by atoms with E-state index < -0.39 is 17.3 Å². The maximum absolute atomic E-state index is 12.7. The van der Waals surface area contributed by atoms with Crippen molar-refractivity contribution >= 4 is 0 Å². The average Bonchev–Trinajstić information content (AvgIpc) is 2.29. The molecule has 1 N–H and O–H groups in total. The summed E-state index contributed by atoms with van der Waals surface area (Å²) in [5.74, 6) is 0.373. The van der Waals surface area contributed by atoms with Gasteiger partial charge in [-0.1, -0.05) is 0 Å². The van der Waals surface area contributed by atoms with Crippen molar-refractivity contribution in [3.05, 3.63) is 33.7 Å². The van der Waals surface area contributed by atoms with E-state index in [0.717, 1.165) is 19.0 Å². The molecule has 2 atom stereocenters. The standard InChI is InChI=1S/C12H13F3N2O/c13-12(14,15)9-2-10-8-1-7(4-16-5-8)6-17(10)11(18)3-9/h2-3,7-8,16H,1,4-6H2/t7?,8-/m0/s1. The highest BCUT2D eigenvalue weighted by Crippen LogP contribution is 2.35. The molecule has 3 rings (SSSR count). The van der Waals surface area contributed by atoms with Gasteiger partial charge in [-0.3, -0.25) is 4.79 Å². The maximum atomic E-state index is 12.7. The van der Waals surface area contributed by atoms with Crippen molar-refractivity contribution in [1.29, 1.82) is 0 Å². The second-order valence-electron chi connectivity index (χ2n) is 5.07. The first-order valence-electron chi connectivity index (χ1n) is 5.98. The Balaban J connectivity index is 2.13. The quantitative estimate of drug-likeness (QED) is 0.766. The van der Waals surface area contributed by atoms with E-state index >= 15 is 0 Å². The summed E-state index contributed by atoms with van der Waals surface area (Å²) in [6.45, 7) is 2.01. The summed E-state index contributed by atoms with van der Waals surface area (Å²) >= 11 is 0. The van der Waals surface area contributed by atoms with Crippen LogP contribution < -0.4 is 10.9 Å². The van der Waals surface area contributed by atoms with E-state index in [1.54, 1.807) is 0 Å². The Morgan fingerprint density at radius 2 is 2.06 bits per heavy atom. The molecule has 2 aliphatic rings. The summed E-state index contributed by atoms with van der Waals surface area (Å²) in [5.41, 5.74) is -0.836. The van der Waals surface area contributed by atoms with E-state index in [1.807, 2.05) is 0 Å². The number of piperidine rings is 1. The van der Waals surface area contributed by atoms with Gasteiger partial charge in [0, 0.05) is 30.8 Å². The average molecular weight is 258 g/mol. The van der Waals surface area contributed by atoms with Crippen molar-refractivity contribution in [2.75, 3.05) is 13.1 Å². The molecule has 1 fully saturated rings. The first kappa shape index (κ1) is 11.8. The Bertz CT molecular complexity index is 535. The fourth-order valence-electron chi connectivity index (χ4n) is 2.97. The van der Waals surface area contributed by atoms with E-state index in [2.05, 4.69) is 5.32 Å². The highest BCUT2D eigenvalue weighted by molar-refractivity contribution is 5.25. The van der Waals surface area contributed by atoms with E-state index in [1.165, 1.54) is 4.57 Å². The summed E-state index contributed by atoms with van der Waals surface area (Å²) in [7, 11) is 0. The Labute approximate surface area is 102 Å². The van der Waals surface area contributed by atoms with E-state index in [0.29, 0.717) is 30.8 Å². The molecular weight excluding hydrogens is 245 g/mol. The van der Waals surface area contributed by atoms with Gasteiger partial charge in [0.2, 0.25) is 0 Å². The Morgan fingerprint density at radius 3 is 2.78 bits per heavy atom. The van der Waals surface area contributed by atoms with Crippen molar-refractivity contribution in [2.24, 2.45) is 5.92 Å². The molecule has 1 aromatic heterocycles. The molecule has 1 aromatic rings. The molecule has 1 unspecified atom stereocenters. The number of halogens is 3. The number of hydrogen-bond acceptors (Lipinski definition) is 2. The first-order valence-corrected chi connectivity index (χ1v) is 5.98. The number of pyridine rings is 1. The maximum Gasteiger partial charge on any atom is 0.416 e. The third-order valence-corrected chi connectivity index (χ3v) is 3.79. The lowest BCUT2D eigenvalue weighted by molar-refractivity contribution is -0.137. The number of alkyl halides is 3. The molecule has 0 aliphatic carbocycles. The molecule has 6 heteroatoms. The Kier molecular flexibility index (Phi) is 2.52. The molecule has 0 spiro atoms. The lowest BCUT2D eigenvalue weighted by atomic mass is 9.84. The second kappa shape index (κ2) is 3.85. The van der Waals surface area contributed by atoms with Gasteiger partial charge in [0.05, 0.1) is 5.56 Å². The molecule has 3 heterocycles. The molecule has 3 nitrogen and oxygen atoms in total. The summed E-state index contributed by atoms with van der Waals surface area (Å²) in [6.07, 6.45) is -3.58. The summed E-state index contributed by atoms with van der Waals surface area (Å²) in [4.78, 5) is 11.8. The van der Waals surface area contributed by atoms with Crippen LogP contribution in [0.3, 0.4) is 0 Å². The number of aromatic nitrogens is 1. The third-order valence-electron chi connectivity index (χ3n) is 3.79. The van der Waals surface area contributed by atoms with Crippen LogP contribution in [-0.2, 0) is 12.7 Å². The zero-order chi connectivity index (χ0) is 12.9. The fourth-order valence-corrected chi connectivity index (χ4v) is 2.97. The van der Waals surface area contributed by atoms with Crippen molar-refractivity contribution in [3.63, 3.8) is 0 Å². The zero-order valence-electron chi connectivity index (χ0n) is 9.63. The van der Waals surface area contributed by atoms with Crippen LogP contribution in [0.1, 0.15) is 23.6 Å². The van der Waals surface area contributed by atoms with Crippen LogP contribution in [0, 0.1) is 5.92 Å². The molecular formula is C12H13F3N2O. The molecule has 2 bridgehead atoms. The highest BCUT2D eigenvalue weighted by Gasteiger charge is 2.36. The largest absolute Gasteiger partial charge is 0.416 e. The number of hydrogen-bond donors (Lipinski definition) is 1. The van der Waals surface area contributed by atoms with Crippen molar-refractivity contribution in [1.82, 2.24) is 9.88 Å². The predicted octanol–water partition coefficient (Wildman–Crippen LogP) is 1.57. The number of nitrogens with zero attached hydrogens (tertiary/aromatic N) is 1. The predicted molar refractivity (Wildman–Crippen MR) is 59.4 cm³/mol. The minimum absolute atomic E-state index is 0.0208. The molecule has 0 aromatic carbocycles. The van der Waals surface area contributed by atoms with Crippen LogP contribution in [0.25, 0.3) is 0 Å². The summed E-state index contributed by atoms with van der Waals surface area (Å²) < 4.78 is 39.6. The van der Waals surface area contributed by atoms with Crippen LogP contribution in [0.5, 0.6) is 0 Å². The van der Waals surface area contributed by atoms with Gasteiger partial charge in [-0.2, -0.15) is 13.2 Å². The molecule has 18 heavy (non-hydrogen) atoms. The van der Waals surface area contributed by atoms with Crippen LogP contribution >= 0.6 is 0 Å². The molecule has 0 radical (unpaired) electrons. The Hall–Kier alpha value is -1.30. The van der Waals surface area contributed by atoms with Gasteiger partial charge < -0.3 is 9.88 Å². The van der Waals surface area contributed by atoms with Crippen LogP contribution in [-0.4, -0.2) is 17.7 Å². The number of nitrogens with one attached hydrogen (secondary N) is 1. The zero-order valence-corrected chi connectivity index (χ0v) is 9.63. The Morgan fingerprint density at radius 1 is 1.28 bits per heavy atom. The van der Waals surface area contributed by atoms with Gasteiger partial charge in [-0.15, -0.1) is 0 Å². The van der Waals surface area contributed by atoms with Gasteiger partial charge in [-0.05, 0) is 24.9 Å². The van der Waals surface area contributed by atoms with Gasteiger partial charge in [0.25, 0.3) is 5.56 Å². The molecule has 0 amide bonds. The van der Waals surface area contributed by atoms with Crippen molar-refractivity contribution in [3.8, 4) is 0 Å². The van der Waals surface area contributed by atoms with E-state index in [4.69, 9.17) is 0 Å². The summed E-state index contributed by atoms with van der Waals surface area (Å²) in [5, 5.41) is 3.21. The fraction of sp³-hybridized carbons (Fsp3) is 0.583. The molecule has 98 valence electrons. The third kappa shape index (κ3) is 1.84. The van der Waals surface area contributed by atoms with Gasteiger partial charge in [0.15, 0.2) is 0 Å². The lowest BCUT2D eigenvalue weighted by Crippen LogP contribution is -2.45. The lowest BCUT2D eigenvalue weighted by Gasteiger charge is -2.37. The van der Waals surface area contributed by atoms with E-state index in [9.17, 15) is 18.0 Å². The number of rotatable bonds is 0. The minimum Gasteiger partial charge on any atom is -0.316 e.